The van der Waals surface area contributed by atoms with Crippen molar-refractivity contribution in [2.24, 2.45) is 5.73 Å². The second-order valence-electron chi connectivity index (χ2n) is 3.35. The van der Waals surface area contributed by atoms with Crippen LogP contribution in [0.3, 0.4) is 0 Å². The first-order valence-corrected chi connectivity index (χ1v) is 4.79. The van der Waals surface area contributed by atoms with Crippen LogP contribution in [0.2, 0.25) is 0 Å². The number of phenols is 1. The Morgan fingerprint density at radius 3 is 2.87 bits per heavy atom. The van der Waals surface area contributed by atoms with Gasteiger partial charge >= 0.3 is 0 Å². The minimum atomic E-state index is 0.242. The van der Waals surface area contributed by atoms with Gasteiger partial charge in [0.15, 0.2) is 0 Å². The molecule has 2 aromatic rings. The van der Waals surface area contributed by atoms with E-state index in [9.17, 15) is 5.11 Å². The van der Waals surface area contributed by atoms with Crippen LogP contribution < -0.4 is 5.73 Å². The van der Waals surface area contributed by atoms with Gasteiger partial charge in [-0.25, -0.2) is 0 Å². The van der Waals surface area contributed by atoms with Crippen molar-refractivity contribution in [3.63, 3.8) is 0 Å². The minimum absolute atomic E-state index is 0.242. The summed E-state index contributed by atoms with van der Waals surface area (Å²) < 4.78 is 0. The van der Waals surface area contributed by atoms with E-state index < -0.39 is 0 Å². The second kappa shape index (κ2) is 4.15. The van der Waals surface area contributed by atoms with Crippen molar-refractivity contribution in [1.29, 1.82) is 0 Å². The fourth-order valence-electron chi connectivity index (χ4n) is 1.53. The summed E-state index contributed by atoms with van der Waals surface area (Å²) in [6, 6.07) is 15.8. The Hall–Kier alpha value is -1.80. The molecule has 0 spiro atoms. The van der Waals surface area contributed by atoms with Crippen LogP contribution in [0, 0.1) is 6.07 Å². The summed E-state index contributed by atoms with van der Waals surface area (Å²) in [6.07, 6.45) is 0. The average molecular weight is 198 g/mol. The first kappa shape index (κ1) is 9.74. The lowest BCUT2D eigenvalue weighted by atomic mass is 10.0. The smallest absolute Gasteiger partial charge is 0.124 e. The molecular formula is C13H12NO. The number of hydrogen-bond donors (Lipinski definition) is 2. The van der Waals surface area contributed by atoms with E-state index in [-0.39, 0.29) is 5.75 Å². The summed E-state index contributed by atoms with van der Waals surface area (Å²) in [4.78, 5) is 0. The van der Waals surface area contributed by atoms with E-state index in [4.69, 9.17) is 5.73 Å². The fraction of sp³-hybridized carbons (Fsp3) is 0.0769. The first-order chi connectivity index (χ1) is 7.31. The zero-order chi connectivity index (χ0) is 10.7. The van der Waals surface area contributed by atoms with E-state index in [1.54, 1.807) is 12.1 Å². The van der Waals surface area contributed by atoms with Gasteiger partial charge in [-0.05, 0) is 29.3 Å². The van der Waals surface area contributed by atoms with Crippen LogP contribution in [0.15, 0.2) is 42.5 Å². The van der Waals surface area contributed by atoms with Crippen molar-refractivity contribution < 1.29 is 5.11 Å². The maximum Gasteiger partial charge on any atom is 0.124 e. The number of rotatable bonds is 2. The number of nitrogens with two attached hydrogens (primary N) is 1. The van der Waals surface area contributed by atoms with E-state index in [2.05, 4.69) is 6.07 Å². The molecule has 0 atom stereocenters. The Morgan fingerprint density at radius 1 is 1.27 bits per heavy atom. The molecule has 2 rings (SSSR count). The second-order valence-corrected chi connectivity index (χ2v) is 3.35. The molecular weight excluding hydrogens is 186 g/mol. The normalized spacial score (nSPS) is 10.2. The molecule has 1 radical (unpaired) electrons. The number of aromatic hydroxyl groups is 1. The molecule has 2 nitrogen and oxygen atoms in total. The molecule has 0 aliphatic heterocycles. The van der Waals surface area contributed by atoms with Gasteiger partial charge in [-0.2, -0.15) is 0 Å². The summed E-state index contributed by atoms with van der Waals surface area (Å²) in [5.41, 5.74) is 8.41. The Balaban J connectivity index is 2.49. The van der Waals surface area contributed by atoms with Gasteiger partial charge in [-0.1, -0.05) is 30.3 Å². The average Bonchev–Trinajstić information content (AvgIpc) is 2.30. The predicted molar refractivity (Wildman–Crippen MR) is 60.3 cm³/mol. The van der Waals surface area contributed by atoms with Crippen LogP contribution in [0.5, 0.6) is 5.75 Å². The molecule has 0 heterocycles. The van der Waals surface area contributed by atoms with Gasteiger partial charge < -0.3 is 10.8 Å². The van der Waals surface area contributed by atoms with E-state index in [1.165, 1.54) is 0 Å². The van der Waals surface area contributed by atoms with E-state index in [1.807, 2.05) is 30.3 Å². The maximum atomic E-state index is 9.67. The number of benzene rings is 2. The third kappa shape index (κ3) is 2.00. The molecule has 2 heteroatoms. The van der Waals surface area contributed by atoms with E-state index >= 15 is 0 Å². The van der Waals surface area contributed by atoms with Crippen LogP contribution in [-0.4, -0.2) is 5.11 Å². The highest BCUT2D eigenvalue weighted by atomic mass is 16.3. The van der Waals surface area contributed by atoms with Crippen molar-refractivity contribution in [3.8, 4) is 16.9 Å². The molecule has 0 amide bonds. The zero-order valence-electron chi connectivity index (χ0n) is 8.27. The van der Waals surface area contributed by atoms with Crippen molar-refractivity contribution in [2.45, 2.75) is 6.54 Å². The molecule has 0 saturated heterocycles. The van der Waals surface area contributed by atoms with Crippen LogP contribution in [0.4, 0.5) is 0 Å². The molecule has 0 saturated carbocycles. The molecule has 3 N–H and O–H groups in total. The quantitative estimate of drug-likeness (QED) is 0.777. The predicted octanol–water partition coefficient (Wildman–Crippen LogP) is 2.32. The SMILES string of the molecule is NCc1cccc(-c2cc[c]cc2O)c1. The van der Waals surface area contributed by atoms with Crippen molar-refractivity contribution >= 4 is 0 Å². The van der Waals surface area contributed by atoms with Crippen LogP contribution >= 0.6 is 0 Å². The lowest BCUT2D eigenvalue weighted by Crippen LogP contribution is -1.95. The standard InChI is InChI=1S/C13H12NO/c14-9-10-4-3-5-11(8-10)12-6-1-2-7-13(12)15/h1,3-8,15H,9,14H2. The highest BCUT2D eigenvalue weighted by Crippen LogP contribution is 2.28. The Kier molecular flexibility index (Phi) is 2.70. The van der Waals surface area contributed by atoms with Crippen LogP contribution in [0.1, 0.15) is 5.56 Å². The maximum absolute atomic E-state index is 9.67. The van der Waals surface area contributed by atoms with Crippen molar-refractivity contribution in [1.82, 2.24) is 0 Å². The molecule has 15 heavy (non-hydrogen) atoms. The number of hydrogen-bond acceptors (Lipinski definition) is 2. The molecule has 0 aliphatic rings. The van der Waals surface area contributed by atoms with Gasteiger partial charge in [0.1, 0.15) is 5.75 Å². The monoisotopic (exact) mass is 198 g/mol. The summed E-state index contributed by atoms with van der Waals surface area (Å²) in [5.74, 6) is 0.242. The molecule has 0 unspecified atom stereocenters. The summed E-state index contributed by atoms with van der Waals surface area (Å²) in [5, 5.41) is 9.67. The van der Waals surface area contributed by atoms with E-state index in [0.29, 0.717) is 6.54 Å². The summed E-state index contributed by atoms with van der Waals surface area (Å²) in [7, 11) is 0. The molecule has 75 valence electrons. The molecule has 0 bridgehead atoms. The summed E-state index contributed by atoms with van der Waals surface area (Å²) >= 11 is 0. The number of phenolic OH excluding ortho intramolecular Hbond substituents is 1. The Bertz CT molecular complexity index is 466. The third-order valence-electron chi connectivity index (χ3n) is 2.32. The van der Waals surface area contributed by atoms with Crippen LogP contribution in [-0.2, 0) is 6.54 Å². The Labute approximate surface area is 89.0 Å². The van der Waals surface area contributed by atoms with Crippen molar-refractivity contribution in [2.75, 3.05) is 0 Å². The topological polar surface area (TPSA) is 46.2 Å². The highest BCUT2D eigenvalue weighted by molar-refractivity contribution is 5.70. The van der Waals surface area contributed by atoms with Gasteiger partial charge in [0, 0.05) is 12.1 Å². The summed E-state index contributed by atoms with van der Waals surface area (Å²) in [6.45, 7) is 0.508. The zero-order valence-corrected chi connectivity index (χ0v) is 8.27. The van der Waals surface area contributed by atoms with Crippen molar-refractivity contribution in [3.05, 3.63) is 54.1 Å². The lowest BCUT2D eigenvalue weighted by molar-refractivity contribution is 0.477. The molecule has 2 aromatic carbocycles. The van der Waals surface area contributed by atoms with Gasteiger partial charge in [-0.15, -0.1) is 0 Å². The molecule has 0 aliphatic carbocycles. The highest BCUT2D eigenvalue weighted by Gasteiger charge is 2.02. The first-order valence-electron chi connectivity index (χ1n) is 4.79. The van der Waals surface area contributed by atoms with E-state index in [0.717, 1.165) is 16.7 Å². The largest absolute Gasteiger partial charge is 0.507 e. The Morgan fingerprint density at radius 2 is 2.13 bits per heavy atom. The van der Waals surface area contributed by atoms with Gasteiger partial charge in [0.25, 0.3) is 0 Å². The molecule has 0 fully saturated rings. The minimum Gasteiger partial charge on any atom is -0.507 e. The van der Waals surface area contributed by atoms with Crippen LogP contribution in [0.25, 0.3) is 11.1 Å². The van der Waals surface area contributed by atoms with Gasteiger partial charge in [-0.3, -0.25) is 0 Å². The fourth-order valence-corrected chi connectivity index (χ4v) is 1.53. The lowest BCUT2D eigenvalue weighted by Gasteiger charge is -2.05. The van der Waals surface area contributed by atoms with Gasteiger partial charge in [0.05, 0.1) is 0 Å². The third-order valence-corrected chi connectivity index (χ3v) is 2.32. The van der Waals surface area contributed by atoms with Gasteiger partial charge in [0.2, 0.25) is 0 Å². The molecule has 0 aromatic heterocycles.